The normalized spacial score (nSPS) is 10.9. The summed E-state index contributed by atoms with van der Waals surface area (Å²) in [6.45, 7) is 1.95. The predicted octanol–water partition coefficient (Wildman–Crippen LogP) is 5.06. The predicted molar refractivity (Wildman–Crippen MR) is 81.5 cm³/mol. The highest BCUT2D eigenvalue weighted by Crippen LogP contribution is 2.21. The van der Waals surface area contributed by atoms with E-state index in [9.17, 15) is 0 Å². The van der Waals surface area contributed by atoms with E-state index in [1.807, 2.05) is 18.7 Å². The summed E-state index contributed by atoms with van der Waals surface area (Å²) in [5.41, 5.74) is 0. The molecule has 0 saturated heterocycles. The van der Waals surface area contributed by atoms with Crippen LogP contribution >= 0.6 is 39.2 Å². The Balaban J connectivity index is 1.84. The van der Waals surface area contributed by atoms with Crippen LogP contribution in [0.4, 0.5) is 0 Å². The van der Waals surface area contributed by atoms with Crippen LogP contribution in [-0.4, -0.2) is 20.4 Å². The molecule has 0 saturated carbocycles. The van der Waals surface area contributed by atoms with Crippen LogP contribution in [-0.2, 0) is 0 Å². The van der Waals surface area contributed by atoms with Crippen LogP contribution in [0.5, 0.6) is 0 Å². The Labute approximate surface area is 121 Å². The number of aryl methyl sites for hydroxylation is 1. The zero-order valence-electron chi connectivity index (χ0n) is 10.5. The van der Waals surface area contributed by atoms with Crippen LogP contribution in [0.3, 0.4) is 0 Å². The van der Waals surface area contributed by atoms with E-state index >= 15 is 0 Å². The molecule has 0 unspecified atom stereocenters. The molecule has 5 heteroatoms. The molecular formula is C12H21BrN2S2. The van der Waals surface area contributed by atoms with Gasteiger partial charge in [0.15, 0.2) is 4.34 Å². The van der Waals surface area contributed by atoms with Gasteiger partial charge in [0.05, 0.1) is 0 Å². The van der Waals surface area contributed by atoms with Crippen molar-refractivity contribution in [1.82, 2.24) is 9.36 Å². The maximum atomic E-state index is 4.34. The third-order valence-corrected chi connectivity index (χ3v) is 5.08. The molecule has 0 aliphatic rings. The molecule has 0 spiro atoms. The summed E-state index contributed by atoms with van der Waals surface area (Å²) in [5.74, 6) is 2.10. The molecule has 1 aromatic rings. The number of hydrogen-bond donors (Lipinski definition) is 0. The van der Waals surface area contributed by atoms with Crippen molar-refractivity contribution in [3.63, 3.8) is 0 Å². The van der Waals surface area contributed by atoms with Gasteiger partial charge in [-0.25, -0.2) is 4.98 Å². The second-order valence-corrected chi connectivity index (χ2v) is 7.01. The van der Waals surface area contributed by atoms with Gasteiger partial charge >= 0.3 is 0 Å². The van der Waals surface area contributed by atoms with Gasteiger partial charge in [-0.3, -0.25) is 0 Å². The average Bonchev–Trinajstić information content (AvgIpc) is 2.73. The molecule has 0 bridgehead atoms. The van der Waals surface area contributed by atoms with Crippen LogP contribution < -0.4 is 0 Å². The molecule has 1 rings (SSSR count). The summed E-state index contributed by atoms with van der Waals surface area (Å²) in [6.07, 6.45) is 9.55. The molecule has 0 aliphatic heterocycles. The quantitative estimate of drug-likeness (QED) is 0.339. The first-order chi connectivity index (χ1) is 8.33. The summed E-state index contributed by atoms with van der Waals surface area (Å²) < 4.78 is 5.30. The lowest BCUT2D eigenvalue weighted by atomic mass is 10.1. The zero-order chi connectivity index (χ0) is 12.3. The van der Waals surface area contributed by atoms with Gasteiger partial charge in [-0.15, -0.1) is 0 Å². The maximum absolute atomic E-state index is 4.34. The van der Waals surface area contributed by atoms with Crippen LogP contribution in [0.1, 0.15) is 50.8 Å². The molecule has 0 radical (unpaired) electrons. The van der Waals surface area contributed by atoms with Crippen molar-refractivity contribution in [3.8, 4) is 0 Å². The average molecular weight is 337 g/mol. The molecule has 0 N–H and O–H groups in total. The van der Waals surface area contributed by atoms with E-state index < -0.39 is 0 Å². The van der Waals surface area contributed by atoms with E-state index in [4.69, 9.17) is 0 Å². The smallest absolute Gasteiger partial charge is 0.170 e. The van der Waals surface area contributed by atoms with Crippen molar-refractivity contribution < 1.29 is 0 Å². The molecule has 0 atom stereocenters. The Kier molecular flexibility index (Phi) is 9.38. The van der Waals surface area contributed by atoms with Crippen molar-refractivity contribution in [2.75, 3.05) is 11.1 Å². The van der Waals surface area contributed by atoms with Gasteiger partial charge < -0.3 is 0 Å². The number of alkyl halides is 1. The fraction of sp³-hybridized carbons (Fsp3) is 0.833. The molecule has 0 aromatic carbocycles. The van der Waals surface area contributed by atoms with Crippen LogP contribution in [0.15, 0.2) is 4.34 Å². The molecule has 98 valence electrons. The topological polar surface area (TPSA) is 25.8 Å². The lowest BCUT2D eigenvalue weighted by molar-refractivity contribution is 0.606. The molecule has 0 aliphatic carbocycles. The minimum Gasteiger partial charge on any atom is -0.213 e. The molecule has 17 heavy (non-hydrogen) atoms. The van der Waals surface area contributed by atoms with Crippen LogP contribution in [0.2, 0.25) is 0 Å². The van der Waals surface area contributed by atoms with Gasteiger partial charge in [-0.2, -0.15) is 4.37 Å². The standard InChI is InChI=1S/C12H21BrN2S2/c1-11-14-12(17-15-11)16-10-8-6-4-2-3-5-7-9-13/h2-10H2,1H3. The molecule has 1 aromatic heterocycles. The fourth-order valence-corrected chi connectivity index (χ4v) is 3.69. The first-order valence-electron chi connectivity index (χ1n) is 6.32. The van der Waals surface area contributed by atoms with Crippen molar-refractivity contribution in [2.45, 2.75) is 56.2 Å². The molecular weight excluding hydrogens is 316 g/mol. The summed E-state index contributed by atoms with van der Waals surface area (Å²) >= 11 is 6.84. The van der Waals surface area contributed by atoms with Gasteiger partial charge in [0, 0.05) is 11.1 Å². The number of rotatable bonds is 10. The van der Waals surface area contributed by atoms with Crippen molar-refractivity contribution in [1.29, 1.82) is 0 Å². The number of nitrogens with zero attached hydrogens (tertiary/aromatic N) is 2. The van der Waals surface area contributed by atoms with Gasteiger partial charge in [-0.1, -0.05) is 59.8 Å². The highest BCUT2D eigenvalue weighted by Gasteiger charge is 2.00. The first kappa shape index (κ1) is 15.4. The largest absolute Gasteiger partial charge is 0.213 e. The lowest BCUT2D eigenvalue weighted by Crippen LogP contribution is -1.83. The van der Waals surface area contributed by atoms with Crippen LogP contribution in [0, 0.1) is 6.92 Å². The van der Waals surface area contributed by atoms with Gasteiger partial charge in [-0.05, 0) is 31.3 Å². The van der Waals surface area contributed by atoms with E-state index in [2.05, 4.69) is 25.3 Å². The number of hydrogen-bond acceptors (Lipinski definition) is 4. The van der Waals surface area contributed by atoms with Gasteiger partial charge in [0.1, 0.15) is 5.82 Å². The van der Waals surface area contributed by atoms with E-state index in [0.29, 0.717) is 0 Å². The molecule has 0 fully saturated rings. The Hall–Kier alpha value is 0.390. The van der Waals surface area contributed by atoms with Crippen LogP contribution in [0.25, 0.3) is 0 Å². The Bertz CT molecular complexity index is 292. The second-order valence-electron chi connectivity index (χ2n) is 4.12. The second kappa shape index (κ2) is 10.3. The minimum absolute atomic E-state index is 0.907. The number of unbranched alkanes of at least 4 members (excludes halogenated alkanes) is 6. The summed E-state index contributed by atoms with van der Waals surface area (Å²) in [6, 6.07) is 0. The Morgan fingerprint density at radius 3 is 2.29 bits per heavy atom. The van der Waals surface area contributed by atoms with Gasteiger partial charge in [0.25, 0.3) is 0 Å². The van der Waals surface area contributed by atoms with Crippen molar-refractivity contribution in [2.24, 2.45) is 0 Å². The number of aromatic nitrogens is 2. The monoisotopic (exact) mass is 336 g/mol. The lowest BCUT2D eigenvalue weighted by Gasteiger charge is -2.00. The Morgan fingerprint density at radius 2 is 1.71 bits per heavy atom. The van der Waals surface area contributed by atoms with E-state index in [1.54, 1.807) is 0 Å². The molecule has 2 nitrogen and oxygen atoms in total. The van der Waals surface area contributed by atoms with E-state index in [1.165, 1.54) is 62.2 Å². The Morgan fingerprint density at radius 1 is 1.06 bits per heavy atom. The SMILES string of the molecule is Cc1nsc(SCCCCCCCCCBr)n1. The molecule has 0 amide bonds. The number of thioether (sulfide) groups is 1. The zero-order valence-corrected chi connectivity index (χ0v) is 13.7. The fourth-order valence-electron chi connectivity index (χ4n) is 1.58. The highest BCUT2D eigenvalue weighted by molar-refractivity contribution is 9.09. The van der Waals surface area contributed by atoms with Gasteiger partial charge in [0.2, 0.25) is 0 Å². The van der Waals surface area contributed by atoms with E-state index in [0.717, 1.165) is 15.5 Å². The minimum atomic E-state index is 0.907. The van der Waals surface area contributed by atoms with E-state index in [-0.39, 0.29) is 0 Å². The van der Waals surface area contributed by atoms with Crippen molar-refractivity contribution >= 4 is 39.2 Å². The highest BCUT2D eigenvalue weighted by atomic mass is 79.9. The van der Waals surface area contributed by atoms with Crippen molar-refractivity contribution in [3.05, 3.63) is 5.82 Å². The summed E-state index contributed by atoms with van der Waals surface area (Å²) in [4.78, 5) is 4.34. The number of halogens is 1. The third kappa shape index (κ3) is 8.16. The first-order valence-corrected chi connectivity index (χ1v) is 9.20. The summed E-state index contributed by atoms with van der Waals surface area (Å²) in [5, 5.41) is 1.16. The third-order valence-electron chi connectivity index (χ3n) is 2.51. The summed E-state index contributed by atoms with van der Waals surface area (Å²) in [7, 11) is 0. The maximum Gasteiger partial charge on any atom is 0.170 e. The molecule has 1 heterocycles.